The molecule has 2 aliphatic rings. The quantitative estimate of drug-likeness (QED) is 0.598. The van der Waals surface area contributed by atoms with E-state index in [0.717, 1.165) is 31.4 Å². The molecule has 2 fully saturated rings. The van der Waals surface area contributed by atoms with Crippen LogP contribution >= 0.6 is 0 Å². The van der Waals surface area contributed by atoms with Crippen LogP contribution in [0.1, 0.15) is 76.6 Å². The molecule has 1 saturated heterocycles. The molecular formula is C28H38N4O5. The molecule has 0 spiro atoms. The summed E-state index contributed by atoms with van der Waals surface area (Å²) in [6.07, 6.45) is 5.68. The molecule has 2 heterocycles. The number of rotatable bonds is 5. The van der Waals surface area contributed by atoms with Gasteiger partial charge in [-0.1, -0.05) is 25.1 Å². The second-order valence-electron chi connectivity index (χ2n) is 11.3. The first kappa shape index (κ1) is 26.7. The van der Waals surface area contributed by atoms with Crippen LogP contribution in [0.25, 0.3) is 5.69 Å². The molecule has 4 rings (SSSR count). The lowest BCUT2D eigenvalue weighted by Gasteiger charge is -2.40. The van der Waals surface area contributed by atoms with Crippen molar-refractivity contribution in [3.63, 3.8) is 0 Å². The highest BCUT2D eigenvalue weighted by molar-refractivity contribution is 6.02. The highest BCUT2D eigenvalue weighted by Gasteiger charge is 2.39. The summed E-state index contributed by atoms with van der Waals surface area (Å²) in [6.45, 7) is 8.55. The van der Waals surface area contributed by atoms with Crippen molar-refractivity contribution in [3.05, 3.63) is 42.1 Å². The van der Waals surface area contributed by atoms with Crippen LogP contribution in [-0.2, 0) is 9.53 Å². The van der Waals surface area contributed by atoms with Crippen LogP contribution in [0.4, 0.5) is 10.6 Å². The average molecular weight is 511 g/mol. The SMILES string of the molecule is CC1CCC(C(=O)N(c2nn(-c3ccccc3)cc2C(=O)O)C2CCN(C(=O)OC(C)(C)C)CC2)CC1. The van der Waals surface area contributed by atoms with E-state index in [2.05, 4.69) is 12.0 Å². The molecule has 1 saturated carbocycles. The molecule has 0 radical (unpaired) electrons. The standard InChI is InChI=1S/C28H38N4O5/c1-19-10-12-20(13-11-19)25(33)32(22-14-16-30(17-15-22)27(36)37-28(2,3)4)24-23(26(34)35)18-31(29-24)21-8-6-5-7-9-21/h5-9,18-20,22H,10-17H2,1-4H3,(H,34,35). The van der Waals surface area contributed by atoms with Crippen molar-refractivity contribution >= 4 is 23.8 Å². The maximum Gasteiger partial charge on any atom is 0.410 e. The Bertz CT molecular complexity index is 1110. The highest BCUT2D eigenvalue weighted by Crippen LogP contribution is 2.34. The van der Waals surface area contributed by atoms with Crippen LogP contribution < -0.4 is 4.90 Å². The second-order valence-corrected chi connectivity index (χ2v) is 11.3. The molecular weight excluding hydrogens is 472 g/mol. The fourth-order valence-electron chi connectivity index (χ4n) is 5.20. The largest absolute Gasteiger partial charge is 0.477 e. The number of ether oxygens (including phenoxy) is 1. The predicted molar refractivity (Wildman–Crippen MR) is 140 cm³/mol. The van der Waals surface area contributed by atoms with Gasteiger partial charge in [0.05, 0.1) is 5.69 Å². The van der Waals surface area contributed by atoms with Gasteiger partial charge in [-0.05, 0) is 77.3 Å². The first-order valence-electron chi connectivity index (χ1n) is 13.2. The number of carbonyl (C=O) groups excluding carboxylic acids is 2. The molecule has 1 aromatic carbocycles. The maximum atomic E-state index is 14.0. The summed E-state index contributed by atoms with van der Waals surface area (Å²) in [6, 6.07) is 9.02. The minimum Gasteiger partial charge on any atom is -0.477 e. The van der Waals surface area contributed by atoms with Gasteiger partial charge < -0.3 is 14.7 Å². The Morgan fingerprint density at radius 3 is 2.19 bits per heavy atom. The topological polar surface area (TPSA) is 105 Å². The van der Waals surface area contributed by atoms with Crippen LogP contribution in [-0.4, -0.2) is 62.5 Å². The van der Waals surface area contributed by atoms with Crippen molar-refractivity contribution in [1.29, 1.82) is 0 Å². The number of hydrogen-bond donors (Lipinski definition) is 1. The first-order valence-corrected chi connectivity index (χ1v) is 13.2. The Hall–Kier alpha value is -3.36. The van der Waals surface area contributed by atoms with Gasteiger partial charge in [0.1, 0.15) is 11.2 Å². The van der Waals surface area contributed by atoms with Gasteiger partial charge in [0, 0.05) is 31.2 Å². The molecule has 200 valence electrons. The number of amides is 2. The van der Waals surface area contributed by atoms with Gasteiger partial charge in [-0.2, -0.15) is 0 Å². The predicted octanol–water partition coefficient (Wildman–Crippen LogP) is 5.13. The Labute approximate surface area is 218 Å². The molecule has 1 aliphatic carbocycles. The molecule has 0 bridgehead atoms. The minimum absolute atomic E-state index is 0.00375. The molecule has 9 heteroatoms. The van der Waals surface area contributed by atoms with Crippen molar-refractivity contribution in [2.75, 3.05) is 18.0 Å². The van der Waals surface area contributed by atoms with E-state index in [-0.39, 0.29) is 35.3 Å². The van der Waals surface area contributed by atoms with E-state index < -0.39 is 11.6 Å². The molecule has 0 unspecified atom stereocenters. The zero-order valence-electron chi connectivity index (χ0n) is 22.2. The third kappa shape index (κ3) is 6.32. The van der Waals surface area contributed by atoms with Crippen molar-refractivity contribution in [1.82, 2.24) is 14.7 Å². The number of carboxylic acid groups (broad SMARTS) is 1. The Balaban J connectivity index is 1.64. The lowest BCUT2D eigenvalue weighted by molar-refractivity contribution is -0.124. The van der Waals surface area contributed by atoms with Gasteiger partial charge in [0.15, 0.2) is 5.82 Å². The Morgan fingerprint density at radius 2 is 1.62 bits per heavy atom. The van der Waals surface area contributed by atoms with E-state index in [1.165, 1.54) is 10.9 Å². The Morgan fingerprint density at radius 1 is 1.00 bits per heavy atom. The molecule has 2 aromatic rings. The molecule has 2 amide bonds. The van der Waals surface area contributed by atoms with E-state index in [0.29, 0.717) is 31.8 Å². The normalized spacial score (nSPS) is 20.9. The lowest BCUT2D eigenvalue weighted by Crippen LogP contribution is -2.52. The molecule has 9 nitrogen and oxygen atoms in total. The third-order valence-corrected chi connectivity index (χ3v) is 7.26. The van der Waals surface area contributed by atoms with Crippen LogP contribution in [0, 0.1) is 11.8 Å². The number of likely N-dealkylation sites (tertiary alicyclic amines) is 1. The summed E-state index contributed by atoms with van der Waals surface area (Å²) in [5.41, 5.74) is 0.125. The summed E-state index contributed by atoms with van der Waals surface area (Å²) in [5, 5.41) is 14.7. The van der Waals surface area contributed by atoms with Crippen molar-refractivity contribution in [2.24, 2.45) is 11.8 Å². The number of aromatic nitrogens is 2. The summed E-state index contributed by atoms with van der Waals surface area (Å²) in [7, 11) is 0. The fraction of sp³-hybridized carbons (Fsp3) is 0.571. The van der Waals surface area contributed by atoms with Gasteiger partial charge >= 0.3 is 12.1 Å². The fourth-order valence-corrected chi connectivity index (χ4v) is 5.20. The number of benzene rings is 1. The number of piperidine rings is 1. The smallest absolute Gasteiger partial charge is 0.410 e. The van der Waals surface area contributed by atoms with E-state index in [1.807, 2.05) is 51.1 Å². The highest BCUT2D eigenvalue weighted by atomic mass is 16.6. The van der Waals surface area contributed by atoms with Crippen molar-refractivity contribution < 1.29 is 24.2 Å². The number of carbonyl (C=O) groups is 3. The molecule has 1 aromatic heterocycles. The van der Waals surface area contributed by atoms with Gasteiger partial charge in [-0.25, -0.2) is 14.3 Å². The van der Waals surface area contributed by atoms with Gasteiger partial charge in [-0.15, -0.1) is 5.10 Å². The zero-order valence-corrected chi connectivity index (χ0v) is 22.2. The van der Waals surface area contributed by atoms with E-state index >= 15 is 0 Å². The zero-order chi connectivity index (χ0) is 26.7. The van der Waals surface area contributed by atoms with Crippen molar-refractivity contribution in [3.8, 4) is 5.69 Å². The van der Waals surface area contributed by atoms with Crippen LogP contribution in [0.3, 0.4) is 0 Å². The number of nitrogens with zero attached hydrogens (tertiary/aromatic N) is 4. The Kier molecular flexibility index (Phi) is 7.90. The molecule has 37 heavy (non-hydrogen) atoms. The monoisotopic (exact) mass is 510 g/mol. The summed E-state index contributed by atoms with van der Waals surface area (Å²) in [4.78, 5) is 42.2. The van der Waals surface area contributed by atoms with Crippen molar-refractivity contribution in [2.45, 2.75) is 77.9 Å². The molecule has 1 N–H and O–H groups in total. The average Bonchev–Trinajstić information content (AvgIpc) is 3.30. The number of hydrogen-bond acceptors (Lipinski definition) is 5. The van der Waals surface area contributed by atoms with E-state index in [4.69, 9.17) is 4.74 Å². The third-order valence-electron chi connectivity index (χ3n) is 7.26. The lowest BCUT2D eigenvalue weighted by atomic mass is 9.82. The first-order chi connectivity index (χ1) is 17.5. The summed E-state index contributed by atoms with van der Waals surface area (Å²) < 4.78 is 7.05. The van der Waals surface area contributed by atoms with E-state index in [1.54, 1.807) is 9.80 Å². The van der Waals surface area contributed by atoms with Crippen LogP contribution in [0.2, 0.25) is 0 Å². The number of aromatic carboxylic acids is 1. The summed E-state index contributed by atoms with van der Waals surface area (Å²) >= 11 is 0. The minimum atomic E-state index is -1.13. The van der Waals surface area contributed by atoms with Gasteiger partial charge in [-0.3, -0.25) is 9.69 Å². The second kappa shape index (κ2) is 10.9. The van der Waals surface area contributed by atoms with Gasteiger partial charge in [0.2, 0.25) is 5.91 Å². The number of anilines is 1. The van der Waals surface area contributed by atoms with E-state index in [9.17, 15) is 19.5 Å². The number of carboxylic acids is 1. The van der Waals surface area contributed by atoms with Crippen LogP contribution in [0.5, 0.6) is 0 Å². The van der Waals surface area contributed by atoms with Crippen LogP contribution in [0.15, 0.2) is 36.5 Å². The maximum absolute atomic E-state index is 14.0. The molecule has 1 aliphatic heterocycles. The molecule has 0 atom stereocenters. The van der Waals surface area contributed by atoms with Gasteiger partial charge in [0.25, 0.3) is 0 Å². The number of para-hydroxylation sites is 1. The summed E-state index contributed by atoms with van der Waals surface area (Å²) in [5.74, 6) is -0.595.